The van der Waals surface area contributed by atoms with Crippen LogP contribution < -0.4 is 9.64 Å². The number of thiazole rings is 1. The predicted octanol–water partition coefficient (Wildman–Crippen LogP) is 4.60. The first-order valence-corrected chi connectivity index (χ1v) is 10.7. The minimum absolute atomic E-state index is 0.0548. The Hall–Kier alpha value is -2.96. The Morgan fingerprint density at radius 2 is 1.83 bits per heavy atom. The summed E-state index contributed by atoms with van der Waals surface area (Å²) in [6.45, 7) is 1.36. The van der Waals surface area contributed by atoms with Crippen LogP contribution in [0.25, 0.3) is 21.0 Å². The number of methoxy groups -OCH3 is 1. The second-order valence-corrected chi connectivity index (χ2v) is 8.50. The van der Waals surface area contributed by atoms with Gasteiger partial charge in [0.1, 0.15) is 5.75 Å². The van der Waals surface area contributed by atoms with E-state index in [0.29, 0.717) is 13.0 Å². The minimum Gasteiger partial charge on any atom is -0.497 e. The molecular formula is C24H25N3O2S. The van der Waals surface area contributed by atoms with Crippen LogP contribution in [0.15, 0.2) is 60.7 Å². The first-order valence-electron chi connectivity index (χ1n) is 9.91. The number of hydrogen-bond acceptors (Lipinski definition) is 5. The molecule has 0 N–H and O–H groups in total. The van der Waals surface area contributed by atoms with Gasteiger partial charge in [-0.3, -0.25) is 9.69 Å². The lowest BCUT2D eigenvalue weighted by Crippen LogP contribution is -2.37. The van der Waals surface area contributed by atoms with Crippen LogP contribution in [0.5, 0.6) is 5.75 Å². The summed E-state index contributed by atoms with van der Waals surface area (Å²) in [6.07, 6.45) is 0.341. The standard InChI is InChI=1S/C24H25N3O2S/c1-26(2)13-14-27(24-25-21-12-11-19(29-3)16-22(21)30-24)23(28)15-18-9-6-8-17-7-4-5-10-20(17)18/h4-12,16H,13-15H2,1-3H3. The highest BCUT2D eigenvalue weighted by Crippen LogP contribution is 2.32. The van der Waals surface area contributed by atoms with Crippen LogP contribution >= 0.6 is 11.3 Å². The van der Waals surface area contributed by atoms with Crippen molar-refractivity contribution in [3.05, 3.63) is 66.2 Å². The molecule has 1 heterocycles. The maximum atomic E-state index is 13.4. The first-order chi connectivity index (χ1) is 14.5. The monoisotopic (exact) mass is 419 g/mol. The fourth-order valence-corrected chi connectivity index (χ4v) is 4.50. The third kappa shape index (κ3) is 4.30. The molecule has 0 aliphatic heterocycles. The Kier molecular flexibility index (Phi) is 5.97. The number of likely N-dealkylation sites (N-methyl/N-ethyl adjacent to an activating group) is 1. The van der Waals surface area contributed by atoms with Crippen molar-refractivity contribution in [1.29, 1.82) is 0 Å². The molecule has 0 saturated carbocycles. The minimum atomic E-state index is 0.0548. The van der Waals surface area contributed by atoms with Crippen LogP contribution in [-0.2, 0) is 11.2 Å². The predicted molar refractivity (Wildman–Crippen MR) is 125 cm³/mol. The zero-order chi connectivity index (χ0) is 21.1. The molecule has 0 aliphatic rings. The van der Waals surface area contributed by atoms with E-state index in [2.05, 4.69) is 23.1 Å². The van der Waals surface area contributed by atoms with Crippen LogP contribution in [0.4, 0.5) is 5.13 Å². The van der Waals surface area contributed by atoms with Crippen molar-refractivity contribution in [3.63, 3.8) is 0 Å². The van der Waals surface area contributed by atoms with E-state index in [-0.39, 0.29) is 5.91 Å². The van der Waals surface area contributed by atoms with E-state index in [1.54, 1.807) is 7.11 Å². The zero-order valence-electron chi connectivity index (χ0n) is 17.5. The summed E-state index contributed by atoms with van der Waals surface area (Å²) in [4.78, 5) is 22.1. The maximum Gasteiger partial charge on any atom is 0.233 e. The molecule has 0 bridgehead atoms. The number of carbonyl (C=O) groups excluding carboxylic acids is 1. The van der Waals surface area contributed by atoms with Crippen LogP contribution in [0, 0.1) is 0 Å². The number of rotatable bonds is 7. The first kappa shape index (κ1) is 20.3. The lowest BCUT2D eigenvalue weighted by molar-refractivity contribution is -0.118. The van der Waals surface area contributed by atoms with Crippen molar-refractivity contribution in [2.45, 2.75) is 6.42 Å². The van der Waals surface area contributed by atoms with E-state index in [0.717, 1.165) is 44.0 Å². The average Bonchev–Trinajstić information content (AvgIpc) is 3.16. The van der Waals surface area contributed by atoms with Gasteiger partial charge in [0.25, 0.3) is 0 Å². The molecule has 0 saturated heterocycles. The smallest absolute Gasteiger partial charge is 0.233 e. The highest BCUT2D eigenvalue weighted by Gasteiger charge is 2.21. The summed E-state index contributed by atoms with van der Waals surface area (Å²) >= 11 is 1.52. The van der Waals surface area contributed by atoms with Gasteiger partial charge < -0.3 is 9.64 Å². The Morgan fingerprint density at radius 1 is 1.03 bits per heavy atom. The fourth-order valence-electron chi connectivity index (χ4n) is 3.47. The molecule has 6 heteroatoms. The summed E-state index contributed by atoms with van der Waals surface area (Å²) in [5, 5.41) is 3.00. The quantitative estimate of drug-likeness (QED) is 0.439. The van der Waals surface area contributed by atoms with Crippen molar-refractivity contribution in [1.82, 2.24) is 9.88 Å². The lowest BCUT2D eigenvalue weighted by atomic mass is 10.0. The third-order valence-electron chi connectivity index (χ3n) is 5.11. The molecule has 1 amide bonds. The molecule has 0 unspecified atom stereocenters. The molecule has 4 aromatic rings. The molecule has 3 aromatic carbocycles. The van der Waals surface area contributed by atoms with Crippen molar-refractivity contribution in [2.24, 2.45) is 0 Å². The number of nitrogens with zero attached hydrogens (tertiary/aromatic N) is 3. The molecule has 1 aromatic heterocycles. The summed E-state index contributed by atoms with van der Waals surface area (Å²) in [6, 6.07) is 20.1. The Morgan fingerprint density at radius 3 is 2.63 bits per heavy atom. The fraction of sp³-hybridized carbons (Fsp3) is 0.250. The number of fused-ring (bicyclic) bond motifs is 2. The molecule has 154 valence electrons. The highest BCUT2D eigenvalue weighted by molar-refractivity contribution is 7.22. The topological polar surface area (TPSA) is 45.7 Å². The van der Waals surface area contributed by atoms with Crippen LogP contribution in [-0.4, -0.2) is 50.1 Å². The summed E-state index contributed by atoms with van der Waals surface area (Å²) in [7, 11) is 5.67. The van der Waals surface area contributed by atoms with Gasteiger partial charge >= 0.3 is 0 Å². The van der Waals surface area contributed by atoms with Crippen LogP contribution in [0.2, 0.25) is 0 Å². The van der Waals surface area contributed by atoms with E-state index >= 15 is 0 Å². The molecule has 0 atom stereocenters. The molecule has 0 fully saturated rings. The SMILES string of the molecule is COc1ccc2nc(N(CCN(C)C)C(=O)Cc3cccc4ccccc34)sc2c1. The van der Waals surface area contributed by atoms with E-state index in [1.165, 1.54) is 11.3 Å². The number of hydrogen-bond donors (Lipinski definition) is 0. The highest BCUT2D eigenvalue weighted by atomic mass is 32.1. The van der Waals surface area contributed by atoms with Gasteiger partial charge in [0, 0.05) is 13.1 Å². The van der Waals surface area contributed by atoms with Crippen molar-refractivity contribution < 1.29 is 9.53 Å². The zero-order valence-corrected chi connectivity index (χ0v) is 18.3. The second-order valence-electron chi connectivity index (χ2n) is 7.49. The maximum absolute atomic E-state index is 13.4. The Balaban J connectivity index is 1.67. The van der Waals surface area contributed by atoms with Crippen LogP contribution in [0.3, 0.4) is 0 Å². The number of ether oxygens (including phenoxy) is 1. The summed E-state index contributed by atoms with van der Waals surface area (Å²) < 4.78 is 6.34. The number of anilines is 1. The van der Waals surface area contributed by atoms with Gasteiger partial charge in [-0.25, -0.2) is 4.98 Å². The number of carbonyl (C=O) groups is 1. The van der Waals surface area contributed by atoms with Crippen LogP contribution in [0.1, 0.15) is 5.56 Å². The third-order valence-corrected chi connectivity index (χ3v) is 6.15. The van der Waals surface area contributed by atoms with E-state index in [9.17, 15) is 4.79 Å². The molecule has 0 aliphatic carbocycles. The van der Waals surface area contributed by atoms with Gasteiger partial charge in [0.2, 0.25) is 5.91 Å². The molecule has 0 spiro atoms. The second kappa shape index (κ2) is 8.81. The van der Waals surface area contributed by atoms with Gasteiger partial charge in [0.15, 0.2) is 5.13 Å². The summed E-state index contributed by atoms with van der Waals surface area (Å²) in [5.74, 6) is 0.846. The number of aromatic nitrogens is 1. The van der Waals surface area contributed by atoms with Gasteiger partial charge in [-0.1, -0.05) is 53.8 Å². The normalized spacial score (nSPS) is 11.3. The molecular weight excluding hydrogens is 394 g/mol. The Bertz CT molecular complexity index is 1180. The van der Waals surface area contributed by atoms with Gasteiger partial charge in [0.05, 0.1) is 23.7 Å². The van der Waals surface area contributed by atoms with Gasteiger partial charge in [-0.05, 0) is 48.6 Å². The number of amides is 1. The van der Waals surface area contributed by atoms with Crippen molar-refractivity contribution >= 4 is 43.4 Å². The van der Waals surface area contributed by atoms with Crippen molar-refractivity contribution in [3.8, 4) is 5.75 Å². The average molecular weight is 420 g/mol. The van der Waals surface area contributed by atoms with E-state index in [1.807, 2.05) is 61.5 Å². The van der Waals surface area contributed by atoms with Crippen molar-refractivity contribution in [2.75, 3.05) is 39.2 Å². The van der Waals surface area contributed by atoms with E-state index in [4.69, 9.17) is 9.72 Å². The molecule has 30 heavy (non-hydrogen) atoms. The molecule has 0 radical (unpaired) electrons. The lowest BCUT2D eigenvalue weighted by Gasteiger charge is -2.22. The molecule has 4 rings (SSSR count). The molecule has 5 nitrogen and oxygen atoms in total. The van der Waals surface area contributed by atoms with Gasteiger partial charge in [-0.2, -0.15) is 0 Å². The largest absolute Gasteiger partial charge is 0.497 e. The number of benzene rings is 3. The van der Waals surface area contributed by atoms with Gasteiger partial charge in [-0.15, -0.1) is 0 Å². The Labute approximate surface area is 180 Å². The summed E-state index contributed by atoms with van der Waals surface area (Å²) in [5.41, 5.74) is 1.92. The van der Waals surface area contributed by atoms with E-state index < -0.39 is 0 Å².